The first-order valence-corrected chi connectivity index (χ1v) is 13.3. The Morgan fingerprint density at radius 1 is 0.432 bits per heavy atom. The fraction of sp³-hybridized carbons (Fsp3) is 0.448. The van der Waals surface area contributed by atoms with Crippen molar-refractivity contribution in [3.05, 3.63) is 48.5 Å². The van der Waals surface area contributed by atoms with Crippen LogP contribution in [-0.2, 0) is 19.2 Å². The molecule has 0 fully saturated rings. The molecule has 4 N–H and O–H groups in total. The second-order valence-corrected chi connectivity index (χ2v) is 9.12. The van der Waals surface area contributed by atoms with Gasteiger partial charge in [0.25, 0.3) is 0 Å². The van der Waals surface area contributed by atoms with Gasteiger partial charge in [0.2, 0.25) is 23.6 Å². The number of benzene rings is 2. The molecule has 2 rings (SSSR count). The second kappa shape index (κ2) is 16.9. The van der Waals surface area contributed by atoms with Crippen molar-refractivity contribution in [2.45, 2.75) is 84.5 Å². The molecule has 0 unspecified atom stereocenters. The molecule has 0 saturated carbocycles. The van der Waals surface area contributed by atoms with Crippen molar-refractivity contribution < 1.29 is 19.2 Å². The van der Waals surface area contributed by atoms with Crippen LogP contribution < -0.4 is 21.3 Å². The summed E-state index contributed by atoms with van der Waals surface area (Å²) in [7, 11) is 0. The third kappa shape index (κ3) is 12.7. The molecule has 0 aliphatic carbocycles. The van der Waals surface area contributed by atoms with Gasteiger partial charge in [-0.2, -0.15) is 0 Å². The summed E-state index contributed by atoms with van der Waals surface area (Å²) in [5, 5.41) is 11.4. The lowest BCUT2D eigenvalue weighted by atomic mass is 10.1. The molecule has 0 aliphatic heterocycles. The molecule has 0 saturated heterocycles. The summed E-state index contributed by atoms with van der Waals surface area (Å²) >= 11 is 0. The van der Waals surface area contributed by atoms with Crippen molar-refractivity contribution in [1.82, 2.24) is 0 Å². The molecular weight excluding hydrogens is 468 g/mol. The van der Waals surface area contributed by atoms with E-state index in [1.165, 1.54) is 0 Å². The molecule has 8 heteroatoms. The van der Waals surface area contributed by atoms with Crippen LogP contribution in [0.4, 0.5) is 22.7 Å². The first-order valence-electron chi connectivity index (χ1n) is 13.3. The predicted molar refractivity (Wildman–Crippen MR) is 150 cm³/mol. The molecule has 2 aromatic rings. The number of carbonyl (C=O) groups excluding carboxylic acids is 4. The van der Waals surface area contributed by atoms with E-state index in [1.54, 1.807) is 48.5 Å². The van der Waals surface area contributed by atoms with Gasteiger partial charge < -0.3 is 21.3 Å². The zero-order valence-electron chi connectivity index (χ0n) is 22.0. The second-order valence-electron chi connectivity index (χ2n) is 9.12. The summed E-state index contributed by atoms with van der Waals surface area (Å²) in [6.07, 6.45) is 7.90. The molecule has 200 valence electrons. The maximum Gasteiger partial charge on any atom is 0.224 e. The average Bonchev–Trinajstić information content (AvgIpc) is 2.86. The molecule has 2 aromatic carbocycles. The van der Waals surface area contributed by atoms with E-state index in [-0.39, 0.29) is 23.6 Å². The highest BCUT2D eigenvalue weighted by atomic mass is 16.2. The molecule has 4 amide bonds. The Hall–Kier alpha value is -3.68. The van der Waals surface area contributed by atoms with Crippen LogP contribution >= 0.6 is 0 Å². The quantitative estimate of drug-likeness (QED) is 0.194. The molecule has 0 aromatic heterocycles. The van der Waals surface area contributed by atoms with Gasteiger partial charge in [0.15, 0.2) is 0 Å². The van der Waals surface area contributed by atoms with Crippen LogP contribution in [0.25, 0.3) is 0 Å². The van der Waals surface area contributed by atoms with E-state index in [0.29, 0.717) is 37.1 Å². The lowest BCUT2D eigenvalue weighted by molar-refractivity contribution is -0.117. The fourth-order valence-electron chi connectivity index (χ4n) is 3.72. The first-order chi connectivity index (χ1) is 17.9. The van der Waals surface area contributed by atoms with E-state index >= 15 is 0 Å². The Balaban J connectivity index is 1.53. The molecule has 0 spiro atoms. The standard InChI is InChI=1S/C29H40N4O4/c1-3-10-26(34)30-22-14-18-24(19-15-22)32-28(36)12-8-6-5-7-9-13-29(37)33-25-20-16-23(17-21-25)31-27(35)11-4-2/h14-21H,3-13H2,1-2H3,(H,30,34)(H,31,35)(H,32,36)(H,33,37). The van der Waals surface area contributed by atoms with E-state index in [1.807, 2.05) is 13.8 Å². The molecule has 0 atom stereocenters. The largest absolute Gasteiger partial charge is 0.326 e. The minimum atomic E-state index is -0.0295. The maximum atomic E-state index is 12.2. The molecule has 8 nitrogen and oxygen atoms in total. The van der Waals surface area contributed by atoms with Gasteiger partial charge in [-0.25, -0.2) is 0 Å². The van der Waals surface area contributed by atoms with Crippen LogP contribution in [0.3, 0.4) is 0 Å². The van der Waals surface area contributed by atoms with Crippen LogP contribution in [0.1, 0.15) is 84.5 Å². The number of anilines is 4. The lowest BCUT2D eigenvalue weighted by Crippen LogP contribution is -2.12. The third-order valence-electron chi connectivity index (χ3n) is 5.67. The minimum absolute atomic E-state index is 0.0138. The summed E-state index contributed by atoms with van der Waals surface area (Å²) in [5.41, 5.74) is 2.85. The van der Waals surface area contributed by atoms with Crippen molar-refractivity contribution in [3.63, 3.8) is 0 Å². The maximum absolute atomic E-state index is 12.2. The van der Waals surface area contributed by atoms with Crippen LogP contribution in [0.2, 0.25) is 0 Å². The van der Waals surface area contributed by atoms with Crippen molar-refractivity contribution in [3.8, 4) is 0 Å². The van der Waals surface area contributed by atoms with Crippen molar-refractivity contribution in [2.75, 3.05) is 21.3 Å². The Morgan fingerprint density at radius 3 is 0.946 bits per heavy atom. The van der Waals surface area contributed by atoms with Gasteiger partial charge in [0.1, 0.15) is 0 Å². The molecule has 0 heterocycles. The molecule has 0 aliphatic rings. The normalized spacial score (nSPS) is 10.4. The number of amides is 4. The van der Waals surface area contributed by atoms with E-state index in [0.717, 1.165) is 56.3 Å². The zero-order chi connectivity index (χ0) is 26.9. The summed E-state index contributed by atoms with van der Waals surface area (Å²) in [6, 6.07) is 14.2. The van der Waals surface area contributed by atoms with Gasteiger partial charge in [0.05, 0.1) is 0 Å². The van der Waals surface area contributed by atoms with Gasteiger partial charge in [-0.05, 0) is 74.2 Å². The number of unbranched alkanes of at least 4 members (excludes halogenated alkanes) is 4. The number of hydrogen-bond acceptors (Lipinski definition) is 4. The van der Waals surface area contributed by atoms with E-state index in [9.17, 15) is 19.2 Å². The highest BCUT2D eigenvalue weighted by Gasteiger charge is 2.06. The van der Waals surface area contributed by atoms with Crippen molar-refractivity contribution in [2.24, 2.45) is 0 Å². The Bertz CT molecular complexity index is 922. The zero-order valence-corrected chi connectivity index (χ0v) is 22.0. The SMILES string of the molecule is CCCC(=O)Nc1ccc(NC(=O)CCCCCCCC(=O)Nc2ccc(NC(=O)CCC)cc2)cc1. The summed E-state index contributed by atoms with van der Waals surface area (Å²) < 4.78 is 0. The average molecular weight is 509 g/mol. The lowest BCUT2D eigenvalue weighted by Gasteiger charge is -2.08. The monoisotopic (exact) mass is 508 g/mol. The van der Waals surface area contributed by atoms with E-state index in [2.05, 4.69) is 21.3 Å². The number of hydrogen-bond donors (Lipinski definition) is 4. The Kier molecular flexibility index (Phi) is 13.5. The smallest absolute Gasteiger partial charge is 0.224 e. The minimum Gasteiger partial charge on any atom is -0.326 e. The highest BCUT2D eigenvalue weighted by Crippen LogP contribution is 2.16. The predicted octanol–water partition coefficient (Wildman–Crippen LogP) is 6.47. The van der Waals surface area contributed by atoms with Crippen LogP contribution in [0.15, 0.2) is 48.5 Å². The van der Waals surface area contributed by atoms with E-state index < -0.39 is 0 Å². The first kappa shape index (κ1) is 29.5. The Morgan fingerprint density at radius 2 is 0.676 bits per heavy atom. The fourth-order valence-corrected chi connectivity index (χ4v) is 3.72. The topological polar surface area (TPSA) is 116 Å². The number of carbonyl (C=O) groups is 4. The van der Waals surface area contributed by atoms with Crippen molar-refractivity contribution >= 4 is 46.4 Å². The van der Waals surface area contributed by atoms with Gasteiger partial charge in [-0.1, -0.05) is 33.1 Å². The van der Waals surface area contributed by atoms with Crippen molar-refractivity contribution in [1.29, 1.82) is 0 Å². The van der Waals surface area contributed by atoms with Crippen LogP contribution in [-0.4, -0.2) is 23.6 Å². The van der Waals surface area contributed by atoms with Crippen LogP contribution in [0, 0.1) is 0 Å². The molecule has 0 radical (unpaired) electrons. The summed E-state index contributed by atoms with van der Waals surface area (Å²) in [4.78, 5) is 47.6. The van der Waals surface area contributed by atoms with Crippen LogP contribution in [0.5, 0.6) is 0 Å². The van der Waals surface area contributed by atoms with Gasteiger partial charge in [-0.3, -0.25) is 19.2 Å². The van der Waals surface area contributed by atoms with E-state index in [4.69, 9.17) is 0 Å². The molecule has 0 bridgehead atoms. The molecule has 37 heavy (non-hydrogen) atoms. The summed E-state index contributed by atoms with van der Waals surface area (Å²) in [5.74, 6) is -0.0866. The third-order valence-corrected chi connectivity index (χ3v) is 5.67. The molecular formula is C29H40N4O4. The summed E-state index contributed by atoms with van der Waals surface area (Å²) in [6.45, 7) is 3.91. The van der Waals surface area contributed by atoms with Gasteiger partial charge in [-0.15, -0.1) is 0 Å². The highest BCUT2D eigenvalue weighted by molar-refractivity contribution is 5.93. The number of rotatable bonds is 16. The number of nitrogens with one attached hydrogen (secondary N) is 4. The Labute approximate surface area is 220 Å². The van der Waals surface area contributed by atoms with Gasteiger partial charge >= 0.3 is 0 Å². The van der Waals surface area contributed by atoms with Gasteiger partial charge in [0, 0.05) is 48.4 Å².